The van der Waals surface area contributed by atoms with Crippen molar-refractivity contribution in [3.63, 3.8) is 0 Å². The number of aromatic nitrogens is 1. The summed E-state index contributed by atoms with van der Waals surface area (Å²) in [5.74, 6) is 2.00. The average Bonchev–Trinajstić information content (AvgIpc) is 2.89. The summed E-state index contributed by atoms with van der Waals surface area (Å²) in [5.41, 5.74) is 5.77. The van der Waals surface area contributed by atoms with Crippen LogP contribution in [-0.2, 0) is 4.79 Å². The van der Waals surface area contributed by atoms with E-state index in [0.717, 1.165) is 17.8 Å². The third-order valence-electron chi connectivity index (χ3n) is 5.87. The monoisotopic (exact) mass is 317 g/mol. The lowest BCUT2D eigenvalue weighted by molar-refractivity contribution is -0.130. The predicted molar refractivity (Wildman–Crippen MR) is 82.1 cm³/mol. The second-order valence-electron chi connectivity index (χ2n) is 7.93. The lowest BCUT2D eigenvalue weighted by atomic mass is 9.49. The average molecular weight is 317 g/mol. The Hall–Kier alpha value is -1.85. The van der Waals surface area contributed by atoms with Crippen molar-refractivity contribution in [1.82, 2.24) is 16.0 Å². The summed E-state index contributed by atoms with van der Waals surface area (Å²) >= 11 is 0. The molecule has 1 heterocycles. The van der Waals surface area contributed by atoms with Crippen molar-refractivity contribution in [1.29, 1.82) is 0 Å². The van der Waals surface area contributed by atoms with E-state index in [-0.39, 0.29) is 17.1 Å². The number of carbonyl (C=O) groups is 2. The molecule has 4 aliphatic rings. The normalized spacial score (nSPS) is 34.4. The van der Waals surface area contributed by atoms with Gasteiger partial charge in [0.05, 0.1) is 5.69 Å². The van der Waals surface area contributed by atoms with Crippen molar-refractivity contribution >= 4 is 11.8 Å². The number of carbonyl (C=O) groups excluding carboxylic acids is 2. The summed E-state index contributed by atoms with van der Waals surface area (Å²) in [6.45, 7) is 1.74. The summed E-state index contributed by atoms with van der Waals surface area (Å²) in [4.78, 5) is 24.2. The summed E-state index contributed by atoms with van der Waals surface area (Å²) in [6.07, 6.45) is 8.16. The van der Waals surface area contributed by atoms with Crippen LogP contribution in [0.3, 0.4) is 0 Å². The fourth-order valence-corrected chi connectivity index (χ4v) is 5.55. The Morgan fingerprint density at radius 1 is 1.17 bits per heavy atom. The SMILES string of the molecule is Cc1cc(C(=O)NNC(=O)CC23CC4CC(CC(C4)C2)C3)on1. The zero-order chi connectivity index (χ0) is 16.0. The van der Waals surface area contributed by atoms with E-state index < -0.39 is 5.91 Å². The van der Waals surface area contributed by atoms with Crippen LogP contribution in [0.4, 0.5) is 0 Å². The molecule has 4 saturated carbocycles. The van der Waals surface area contributed by atoms with E-state index in [0.29, 0.717) is 12.1 Å². The molecule has 4 fully saturated rings. The first-order chi connectivity index (χ1) is 11.0. The number of nitrogens with one attached hydrogen (secondary N) is 2. The molecule has 6 heteroatoms. The quantitative estimate of drug-likeness (QED) is 0.838. The van der Waals surface area contributed by atoms with Crippen LogP contribution in [0.2, 0.25) is 0 Å². The topological polar surface area (TPSA) is 84.2 Å². The Kier molecular flexibility index (Phi) is 3.43. The minimum absolute atomic E-state index is 0.100. The Labute approximate surface area is 135 Å². The zero-order valence-corrected chi connectivity index (χ0v) is 13.4. The van der Waals surface area contributed by atoms with Crippen molar-refractivity contribution in [2.24, 2.45) is 23.2 Å². The van der Waals surface area contributed by atoms with Gasteiger partial charge in [-0.15, -0.1) is 0 Å². The Bertz CT molecular complexity index is 601. The second kappa shape index (κ2) is 5.35. The molecule has 0 aliphatic heterocycles. The van der Waals surface area contributed by atoms with Gasteiger partial charge in [0, 0.05) is 12.5 Å². The van der Waals surface area contributed by atoms with E-state index >= 15 is 0 Å². The summed E-state index contributed by atoms with van der Waals surface area (Å²) in [6, 6.07) is 1.54. The number of hydrogen-bond acceptors (Lipinski definition) is 4. The van der Waals surface area contributed by atoms with E-state index in [4.69, 9.17) is 4.52 Å². The molecule has 1 aromatic rings. The van der Waals surface area contributed by atoms with Crippen LogP contribution >= 0.6 is 0 Å². The summed E-state index contributed by atoms with van der Waals surface area (Å²) < 4.78 is 4.88. The first-order valence-corrected chi connectivity index (χ1v) is 8.54. The van der Waals surface area contributed by atoms with Crippen molar-refractivity contribution in [2.75, 3.05) is 0 Å². The van der Waals surface area contributed by atoms with Crippen LogP contribution in [0, 0.1) is 30.1 Å². The molecular formula is C17H23N3O3. The number of hydrogen-bond donors (Lipinski definition) is 2. The lowest BCUT2D eigenvalue weighted by Crippen LogP contribution is -2.50. The van der Waals surface area contributed by atoms with Crippen molar-refractivity contribution in [3.8, 4) is 0 Å². The number of nitrogens with zero attached hydrogens (tertiary/aromatic N) is 1. The number of aryl methyl sites for hydroxylation is 1. The van der Waals surface area contributed by atoms with Gasteiger partial charge >= 0.3 is 5.91 Å². The lowest BCUT2D eigenvalue weighted by Gasteiger charge is -2.56. The number of hydrazine groups is 1. The molecule has 2 amide bonds. The largest absolute Gasteiger partial charge is 0.351 e. The molecule has 5 rings (SSSR count). The third kappa shape index (κ3) is 2.86. The first kappa shape index (κ1) is 14.7. The van der Waals surface area contributed by atoms with Crippen molar-refractivity contribution in [3.05, 3.63) is 17.5 Å². The van der Waals surface area contributed by atoms with E-state index in [1.54, 1.807) is 13.0 Å². The second-order valence-corrected chi connectivity index (χ2v) is 7.93. The highest BCUT2D eigenvalue weighted by Crippen LogP contribution is 2.61. The van der Waals surface area contributed by atoms with Gasteiger partial charge in [-0.3, -0.25) is 20.4 Å². The van der Waals surface area contributed by atoms with E-state index in [1.165, 1.54) is 38.5 Å². The molecule has 0 saturated heterocycles. The molecule has 0 aromatic carbocycles. The highest BCUT2D eigenvalue weighted by molar-refractivity contribution is 5.92. The van der Waals surface area contributed by atoms with Gasteiger partial charge in [-0.25, -0.2) is 0 Å². The fraction of sp³-hybridized carbons (Fsp3) is 0.706. The van der Waals surface area contributed by atoms with Crippen LogP contribution in [0.5, 0.6) is 0 Å². The van der Waals surface area contributed by atoms with Crippen molar-refractivity contribution in [2.45, 2.75) is 51.9 Å². The summed E-state index contributed by atoms with van der Waals surface area (Å²) in [5, 5.41) is 3.66. The standard InChI is InChI=1S/C17H23N3O3/c1-10-2-14(23-20-10)16(22)19-18-15(21)9-17-6-11-3-12(7-17)5-13(4-11)8-17/h2,11-13H,3-9H2,1H3,(H,18,21)(H,19,22). The molecule has 0 atom stereocenters. The van der Waals surface area contributed by atoms with Gasteiger partial charge < -0.3 is 4.52 Å². The number of amides is 2. The maximum absolute atomic E-state index is 12.3. The van der Waals surface area contributed by atoms with Gasteiger partial charge in [0.2, 0.25) is 11.7 Å². The van der Waals surface area contributed by atoms with Gasteiger partial charge in [-0.2, -0.15) is 0 Å². The van der Waals surface area contributed by atoms with Gasteiger partial charge in [-0.05, 0) is 68.6 Å². The van der Waals surface area contributed by atoms with Crippen LogP contribution < -0.4 is 10.9 Å². The van der Waals surface area contributed by atoms with Gasteiger partial charge in [0.25, 0.3) is 0 Å². The highest BCUT2D eigenvalue weighted by Gasteiger charge is 2.51. The molecule has 124 valence electrons. The fourth-order valence-electron chi connectivity index (χ4n) is 5.55. The van der Waals surface area contributed by atoms with Crippen molar-refractivity contribution < 1.29 is 14.1 Å². The molecule has 6 nitrogen and oxygen atoms in total. The summed E-state index contributed by atoms with van der Waals surface area (Å²) in [7, 11) is 0. The van der Waals surface area contributed by atoms with E-state index in [2.05, 4.69) is 16.0 Å². The van der Waals surface area contributed by atoms with Crippen LogP contribution in [0.1, 0.15) is 61.2 Å². The molecule has 4 bridgehead atoms. The molecule has 0 spiro atoms. The molecule has 0 radical (unpaired) electrons. The smallest absolute Gasteiger partial charge is 0.308 e. The van der Waals surface area contributed by atoms with Gasteiger partial charge in [0.1, 0.15) is 0 Å². The third-order valence-corrected chi connectivity index (χ3v) is 5.87. The molecule has 0 unspecified atom stereocenters. The van der Waals surface area contributed by atoms with Crippen LogP contribution in [0.25, 0.3) is 0 Å². The van der Waals surface area contributed by atoms with Gasteiger partial charge in [0.15, 0.2) is 0 Å². The maximum Gasteiger partial charge on any atom is 0.308 e. The maximum atomic E-state index is 12.3. The van der Waals surface area contributed by atoms with Crippen LogP contribution in [0.15, 0.2) is 10.6 Å². The van der Waals surface area contributed by atoms with E-state index in [1.807, 2.05) is 0 Å². The predicted octanol–water partition coefficient (Wildman–Crippen LogP) is 2.35. The molecule has 1 aromatic heterocycles. The minimum Gasteiger partial charge on any atom is -0.351 e. The molecule has 2 N–H and O–H groups in total. The van der Waals surface area contributed by atoms with E-state index in [9.17, 15) is 9.59 Å². The zero-order valence-electron chi connectivity index (χ0n) is 13.4. The molecule has 23 heavy (non-hydrogen) atoms. The Morgan fingerprint density at radius 3 is 2.30 bits per heavy atom. The Balaban J connectivity index is 1.33. The van der Waals surface area contributed by atoms with Gasteiger partial charge in [-0.1, -0.05) is 5.16 Å². The minimum atomic E-state index is -0.468. The number of rotatable bonds is 3. The highest BCUT2D eigenvalue weighted by atomic mass is 16.5. The molecule has 4 aliphatic carbocycles. The molecular weight excluding hydrogens is 294 g/mol. The first-order valence-electron chi connectivity index (χ1n) is 8.54. The Morgan fingerprint density at radius 2 is 1.78 bits per heavy atom. The van der Waals surface area contributed by atoms with Crippen LogP contribution in [-0.4, -0.2) is 17.0 Å².